The van der Waals surface area contributed by atoms with Crippen LogP contribution in [0.25, 0.3) is 0 Å². The molecule has 18 heavy (non-hydrogen) atoms. The topological polar surface area (TPSA) is 38.1 Å². The van der Waals surface area contributed by atoms with Gasteiger partial charge >= 0.3 is 0 Å². The summed E-state index contributed by atoms with van der Waals surface area (Å²) in [5.41, 5.74) is 1.67. The highest BCUT2D eigenvalue weighted by atomic mass is 79.9. The Labute approximate surface area is 116 Å². The molecular formula is C13H20BrN3O. The van der Waals surface area contributed by atoms with E-state index in [0.29, 0.717) is 16.4 Å². The van der Waals surface area contributed by atoms with Gasteiger partial charge in [0.1, 0.15) is 5.69 Å². The van der Waals surface area contributed by atoms with E-state index in [-0.39, 0.29) is 5.91 Å². The van der Waals surface area contributed by atoms with E-state index in [0.717, 1.165) is 31.6 Å². The Bertz CT molecular complexity index is 443. The minimum atomic E-state index is 0.0982. The van der Waals surface area contributed by atoms with Gasteiger partial charge in [0.25, 0.3) is 5.91 Å². The molecule has 2 heterocycles. The van der Waals surface area contributed by atoms with E-state index < -0.39 is 0 Å². The summed E-state index contributed by atoms with van der Waals surface area (Å²) in [6.45, 7) is 5.90. The molecule has 0 saturated carbocycles. The van der Waals surface area contributed by atoms with Crippen LogP contribution in [0.4, 0.5) is 0 Å². The van der Waals surface area contributed by atoms with Crippen LogP contribution in [0.2, 0.25) is 0 Å². The number of alkyl halides is 1. The second kappa shape index (κ2) is 5.43. The third kappa shape index (κ3) is 2.60. The van der Waals surface area contributed by atoms with Crippen molar-refractivity contribution in [3.8, 4) is 0 Å². The molecule has 0 radical (unpaired) electrons. The number of piperidine rings is 1. The fourth-order valence-electron chi connectivity index (χ4n) is 2.27. The number of nitrogens with zero attached hydrogens (tertiary/aromatic N) is 3. The number of amides is 1. The number of halogens is 1. The Kier molecular flexibility index (Phi) is 4.10. The summed E-state index contributed by atoms with van der Waals surface area (Å²) in [6.07, 6.45) is 1.92. The first kappa shape index (κ1) is 13.6. The predicted octanol–water partition coefficient (Wildman–Crippen LogP) is 2.23. The summed E-state index contributed by atoms with van der Waals surface area (Å²) in [6, 6.07) is 1.91. The number of aryl methyl sites for hydroxylation is 2. The second-order valence-corrected chi connectivity index (χ2v) is 6.21. The van der Waals surface area contributed by atoms with Crippen molar-refractivity contribution < 1.29 is 4.79 Å². The summed E-state index contributed by atoms with van der Waals surface area (Å²) < 4.78 is 1.70. The van der Waals surface area contributed by atoms with Crippen LogP contribution in [-0.2, 0) is 13.5 Å². The SMILES string of the molecule is CCc1cc(C(=O)N2CCC(C)C(Br)C2)n(C)n1. The maximum atomic E-state index is 12.4. The number of rotatable bonds is 2. The lowest BCUT2D eigenvalue weighted by atomic mass is 9.99. The summed E-state index contributed by atoms with van der Waals surface area (Å²) in [7, 11) is 1.84. The van der Waals surface area contributed by atoms with E-state index in [1.165, 1.54) is 0 Å². The van der Waals surface area contributed by atoms with Crippen molar-refractivity contribution in [2.45, 2.75) is 31.5 Å². The maximum Gasteiger partial charge on any atom is 0.272 e. The molecule has 2 rings (SSSR count). The van der Waals surface area contributed by atoms with Gasteiger partial charge in [0.2, 0.25) is 0 Å². The average Bonchev–Trinajstić information content (AvgIpc) is 2.73. The zero-order valence-corrected chi connectivity index (χ0v) is 12.8. The van der Waals surface area contributed by atoms with E-state index in [1.54, 1.807) is 4.68 Å². The minimum Gasteiger partial charge on any atom is -0.336 e. The zero-order valence-electron chi connectivity index (χ0n) is 11.2. The first-order chi connectivity index (χ1) is 8.52. The maximum absolute atomic E-state index is 12.4. The van der Waals surface area contributed by atoms with Crippen molar-refractivity contribution in [3.63, 3.8) is 0 Å². The summed E-state index contributed by atoms with van der Waals surface area (Å²) in [5.74, 6) is 0.729. The van der Waals surface area contributed by atoms with Gasteiger partial charge in [-0.2, -0.15) is 5.10 Å². The van der Waals surface area contributed by atoms with Gasteiger partial charge in [-0.3, -0.25) is 9.48 Å². The lowest BCUT2D eigenvalue weighted by molar-refractivity contribution is 0.0695. The molecule has 5 heteroatoms. The number of aromatic nitrogens is 2. The predicted molar refractivity (Wildman–Crippen MR) is 75.0 cm³/mol. The van der Waals surface area contributed by atoms with Crippen LogP contribution in [0.5, 0.6) is 0 Å². The third-order valence-corrected chi connectivity index (χ3v) is 4.86. The second-order valence-electron chi connectivity index (χ2n) is 5.03. The lowest BCUT2D eigenvalue weighted by Gasteiger charge is -2.34. The highest BCUT2D eigenvalue weighted by molar-refractivity contribution is 9.09. The monoisotopic (exact) mass is 313 g/mol. The van der Waals surface area contributed by atoms with Crippen LogP contribution in [0.15, 0.2) is 6.07 Å². The molecule has 0 spiro atoms. The van der Waals surface area contributed by atoms with Crippen LogP contribution < -0.4 is 0 Å². The van der Waals surface area contributed by atoms with Crippen molar-refractivity contribution in [1.82, 2.24) is 14.7 Å². The fourth-order valence-corrected chi connectivity index (χ4v) is 2.88. The third-order valence-electron chi connectivity index (χ3n) is 3.67. The number of carbonyl (C=O) groups is 1. The molecule has 4 nitrogen and oxygen atoms in total. The van der Waals surface area contributed by atoms with Crippen molar-refractivity contribution in [2.24, 2.45) is 13.0 Å². The standard InChI is InChI=1S/C13H20BrN3O/c1-4-10-7-12(16(3)15-10)13(18)17-6-5-9(2)11(14)8-17/h7,9,11H,4-6,8H2,1-3H3. The van der Waals surface area contributed by atoms with Crippen LogP contribution in [-0.4, -0.2) is 38.5 Å². The number of hydrogen-bond acceptors (Lipinski definition) is 2. The Balaban J connectivity index is 2.13. The van der Waals surface area contributed by atoms with Crippen molar-refractivity contribution in [1.29, 1.82) is 0 Å². The average molecular weight is 314 g/mol. The molecule has 1 aliphatic heterocycles. The molecule has 0 bridgehead atoms. The molecule has 1 aromatic rings. The van der Waals surface area contributed by atoms with Gasteiger partial charge in [-0.25, -0.2) is 0 Å². The molecule has 1 saturated heterocycles. The van der Waals surface area contributed by atoms with Crippen LogP contribution in [0, 0.1) is 5.92 Å². The molecule has 1 aliphatic rings. The molecule has 1 aromatic heterocycles. The number of carbonyl (C=O) groups excluding carboxylic acids is 1. The Hall–Kier alpha value is -0.840. The molecule has 2 atom stereocenters. The van der Waals surface area contributed by atoms with Gasteiger partial charge in [0, 0.05) is 25.0 Å². The Morgan fingerprint density at radius 3 is 2.89 bits per heavy atom. The van der Waals surface area contributed by atoms with Gasteiger partial charge in [0.05, 0.1) is 5.69 Å². The lowest BCUT2D eigenvalue weighted by Crippen LogP contribution is -2.44. The van der Waals surface area contributed by atoms with E-state index >= 15 is 0 Å². The molecule has 100 valence electrons. The van der Waals surface area contributed by atoms with Crippen LogP contribution in [0.1, 0.15) is 36.5 Å². The molecular weight excluding hydrogens is 294 g/mol. The van der Waals surface area contributed by atoms with Crippen LogP contribution >= 0.6 is 15.9 Å². The fraction of sp³-hybridized carbons (Fsp3) is 0.692. The molecule has 0 N–H and O–H groups in total. The van der Waals surface area contributed by atoms with Crippen molar-refractivity contribution in [3.05, 3.63) is 17.5 Å². The quantitative estimate of drug-likeness (QED) is 0.785. The summed E-state index contributed by atoms with van der Waals surface area (Å²) in [5, 5.41) is 4.34. The first-order valence-corrected chi connectivity index (χ1v) is 7.40. The van der Waals surface area contributed by atoms with Crippen molar-refractivity contribution >= 4 is 21.8 Å². The smallest absolute Gasteiger partial charge is 0.272 e. The van der Waals surface area contributed by atoms with E-state index in [9.17, 15) is 4.79 Å². The Morgan fingerprint density at radius 2 is 2.33 bits per heavy atom. The molecule has 0 aromatic carbocycles. The largest absolute Gasteiger partial charge is 0.336 e. The van der Waals surface area contributed by atoms with Gasteiger partial charge in [-0.15, -0.1) is 0 Å². The van der Waals surface area contributed by atoms with Crippen molar-refractivity contribution in [2.75, 3.05) is 13.1 Å². The minimum absolute atomic E-state index is 0.0982. The van der Waals surface area contributed by atoms with Gasteiger partial charge < -0.3 is 4.90 Å². The molecule has 1 fully saturated rings. The summed E-state index contributed by atoms with van der Waals surface area (Å²) >= 11 is 3.66. The highest BCUT2D eigenvalue weighted by Gasteiger charge is 2.28. The molecule has 2 unspecified atom stereocenters. The van der Waals surface area contributed by atoms with Gasteiger partial charge in [-0.05, 0) is 24.8 Å². The van der Waals surface area contributed by atoms with E-state index in [1.807, 2.05) is 24.9 Å². The van der Waals surface area contributed by atoms with Crippen LogP contribution in [0.3, 0.4) is 0 Å². The van der Waals surface area contributed by atoms with Gasteiger partial charge in [-0.1, -0.05) is 29.8 Å². The number of hydrogen-bond donors (Lipinski definition) is 0. The first-order valence-electron chi connectivity index (χ1n) is 6.49. The molecule has 0 aliphatic carbocycles. The summed E-state index contributed by atoms with van der Waals surface area (Å²) in [4.78, 5) is 14.8. The Morgan fingerprint density at radius 1 is 1.61 bits per heavy atom. The van der Waals surface area contributed by atoms with E-state index in [4.69, 9.17) is 0 Å². The highest BCUT2D eigenvalue weighted by Crippen LogP contribution is 2.24. The molecule has 1 amide bonds. The normalized spacial score (nSPS) is 24.3. The zero-order chi connectivity index (χ0) is 13.3. The van der Waals surface area contributed by atoms with Gasteiger partial charge in [0.15, 0.2) is 0 Å². The van der Waals surface area contributed by atoms with E-state index in [2.05, 4.69) is 28.0 Å². The number of likely N-dealkylation sites (tertiary alicyclic amines) is 1.